The van der Waals surface area contributed by atoms with Gasteiger partial charge in [0.05, 0.1) is 5.75 Å². The quantitative estimate of drug-likeness (QED) is 0.431. The molecule has 1 aliphatic heterocycles. The third-order valence-electron chi connectivity index (χ3n) is 4.42. The van der Waals surface area contributed by atoms with Crippen molar-refractivity contribution in [3.63, 3.8) is 0 Å². The van der Waals surface area contributed by atoms with Crippen LogP contribution in [0.1, 0.15) is 23.4 Å². The Morgan fingerprint density at radius 2 is 2.00 bits per heavy atom. The Morgan fingerprint density at radius 1 is 1.13 bits per heavy atom. The van der Waals surface area contributed by atoms with Crippen molar-refractivity contribution >= 4 is 11.8 Å². The van der Waals surface area contributed by atoms with Crippen LogP contribution in [0.25, 0.3) is 11.4 Å². The van der Waals surface area contributed by atoms with Gasteiger partial charge in [0, 0.05) is 5.56 Å². The van der Waals surface area contributed by atoms with Crippen LogP contribution in [-0.2, 0) is 5.75 Å². The summed E-state index contributed by atoms with van der Waals surface area (Å²) in [5.41, 5.74) is 1.11. The van der Waals surface area contributed by atoms with Crippen molar-refractivity contribution in [1.82, 2.24) is 20.3 Å². The summed E-state index contributed by atoms with van der Waals surface area (Å²) in [6.45, 7) is 1.97. The van der Waals surface area contributed by atoms with Crippen LogP contribution >= 0.6 is 11.8 Å². The van der Waals surface area contributed by atoms with Gasteiger partial charge in [-0.05, 0) is 30.7 Å². The Balaban J connectivity index is 1.23. The summed E-state index contributed by atoms with van der Waals surface area (Å²) in [5, 5.41) is 12.3. The highest BCUT2D eigenvalue weighted by Crippen LogP contribution is 2.36. The van der Waals surface area contributed by atoms with E-state index >= 15 is 0 Å². The fourth-order valence-corrected chi connectivity index (χ4v) is 3.44. The van der Waals surface area contributed by atoms with Gasteiger partial charge in [0.1, 0.15) is 12.4 Å². The van der Waals surface area contributed by atoms with Gasteiger partial charge in [-0.1, -0.05) is 41.2 Å². The molecule has 0 bridgehead atoms. The minimum Gasteiger partial charge on any atom is -0.485 e. The van der Waals surface area contributed by atoms with Crippen LogP contribution in [0.5, 0.6) is 11.5 Å². The summed E-state index contributed by atoms with van der Waals surface area (Å²) in [6.07, 6.45) is -0.479. The summed E-state index contributed by atoms with van der Waals surface area (Å²) < 4.78 is 36.2. The van der Waals surface area contributed by atoms with E-state index in [4.69, 9.17) is 18.4 Å². The summed E-state index contributed by atoms with van der Waals surface area (Å²) >= 11 is 1.25. The molecule has 0 radical (unpaired) electrons. The number of para-hydroxylation sites is 2. The van der Waals surface area contributed by atoms with Gasteiger partial charge in [-0.25, -0.2) is 4.39 Å². The van der Waals surface area contributed by atoms with Crippen LogP contribution in [0.15, 0.2) is 56.6 Å². The second-order valence-electron chi connectivity index (χ2n) is 6.53. The maximum atomic E-state index is 13.7. The van der Waals surface area contributed by atoms with Gasteiger partial charge in [-0.15, -0.1) is 10.2 Å². The van der Waals surface area contributed by atoms with Crippen LogP contribution in [0, 0.1) is 12.7 Å². The predicted octanol–water partition coefficient (Wildman–Crippen LogP) is 4.37. The smallest absolute Gasteiger partial charge is 0.277 e. The fourth-order valence-electron chi connectivity index (χ4n) is 2.84. The lowest BCUT2D eigenvalue weighted by atomic mass is 10.1. The van der Waals surface area contributed by atoms with Crippen molar-refractivity contribution in [1.29, 1.82) is 0 Å². The Bertz CT molecular complexity index is 1200. The zero-order valence-corrected chi connectivity index (χ0v) is 16.6. The lowest BCUT2D eigenvalue weighted by Gasteiger charge is -2.23. The zero-order valence-electron chi connectivity index (χ0n) is 15.7. The van der Waals surface area contributed by atoms with Crippen molar-refractivity contribution in [2.45, 2.75) is 24.0 Å². The monoisotopic (exact) mass is 426 g/mol. The topological polar surface area (TPSA) is 96.3 Å². The van der Waals surface area contributed by atoms with E-state index in [-0.39, 0.29) is 12.4 Å². The van der Waals surface area contributed by atoms with Crippen LogP contribution < -0.4 is 9.47 Å². The van der Waals surface area contributed by atoms with Gasteiger partial charge >= 0.3 is 0 Å². The number of halogens is 1. The summed E-state index contributed by atoms with van der Waals surface area (Å²) in [5.74, 6) is 2.34. The van der Waals surface area contributed by atoms with Gasteiger partial charge in [-0.3, -0.25) is 0 Å². The molecule has 0 fully saturated rings. The number of ether oxygens (including phenoxy) is 2. The normalized spacial score (nSPS) is 15.3. The molecule has 3 heterocycles. The molecule has 0 N–H and O–H groups in total. The minimum absolute atomic E-state index is 0.281. The van der Waals surface area contributed by atoms with Crippen LogP contribution in [0.4, 0.5) is 4.39 Å². The van der Waals surface area contributed by atoms with Crippen LogP contribution in [-0.4, -0.2) is 26.9 Å². The number of hydrogen-bond donors (Lipinski definition) is 0. The van der Waals surface area contributed by atoms with E-state index in [2.05, 4.69) is 20.3 Å². The van der Waals surface area contributed by atoms with Crippen molar-refractivity contribution < 1.29 is 22.8 Å². The summed E-state index contributed by atoms with van der Waals surface area (Å²) in [6, 6.07) is 12.2. The number of hydrogen-bond acceptors (Lipinski definition) is 9. The van der Waals surface area contributed by atoms with Crippen molar-refractivity contribution in [3.8, 4) is 22.9 Å². The average molecular weight is 426 g/mol. The first-order valence-electron chi connectivity index (χ1n) is 9.09. The Kier molecular flexibility index (Phi) is 4.83. The van der Waals surface area contributed by atoms with E-state index in [0.717, 1.165) is 0 Å². The molecule has 5 rings (SSSR count). The third kappa shape index (κ3) is 3.73. The van der Waals surface area contributed by atoms with E-state index < -0.39 is 6.10 Å². The van der Waals surface area contributed by atoms with Gasteiger partial charge in [-0.2, -0.15) is 4.98 Å². The largest absolute Gasteiger partial charge is 0.485 e. The van der Waals surface area contributed by atoms with Crippen LogP contribution in [0.3, 0.4) is 0 Å². The molecule has 152 valence electrons. The average Bonchev–Trinajstić information content (AvgIpc) is 3.43. The molecule has 4 aromatic rings. The third-order valence-corrected chi connectivity index (χ3v) is 5.23. The summed E-state index contributed by atoms with van der Waals surface area (Å²) in [7, 11) is 0. The second-order valence-corrected chi connectivity index (χ2v) is 7.46. The number of rotatable bonds is 5. The zero-order chi connectivity index (χ0) is 20.5. The molecule has 8 nitrogen and oxygen atoms in total. The van der Waals surface area contributed by atoms with E-state index in [0.29, 0.717) is 51.2 Å². The molecule has 0 saturated carbocycles. The lowest BCUT2D eigenvalue weighted by molar-refractivity contribution is 0.0686. The predicted molar refractivity (Wildman–Crippen MR) is 104 cm³/mol. The number of benzene rings is 2. The van der Waals surface area contributed by atoms with Crippen molar-refractivity contribution in [2.75, 3.05) is 6.61 Å². The first kappa shape index (κ1) is 18.6. The maximum absolute atomic E-state index is 13.7. The standard InChI is InChI=1S/C20H15FN4O4S/c1-11-6-7-12(8-13(11)21)18-22-17(29-25-18)10-30-20-24-23-19(28-20)16-9-26-14-4-2-3-5-15(14)27-16/h2-8,16H,9-10H2,1H3. The highest BCUT2D eigenvalue weighted by atomic mass is 32.2. The molecule has 1 atom stereocenters. The lowest BCUT2D eigenvalue weighted by Crippen LogP contribution is -2.21. The first-order chi connectivity index (χ1) is 14.7. The Hall–Kier alpha value is -3.40. The molecule has 10 heteroatoms. The molecule has 2 aromatic heterocycles. The highest BCUT2D eigenvalue weighted by molar-refractivity contribution is 7.98. The fraction of sp³-hybridized carbons (Fsp3) is 0.200. The molecule has 0 amide bonds. The van der Waals surface area contributed by atoms with E-state index in [1.165, 1.54) is 17.8 Å². The van der Waals surface area contributed by atoms with Gasteiger partial charge < -0.3 is 18.4 Å². The van der Waals surface area contributed by atoms with E-state index in [1.54, 1.807) is 19.1 Å². The molecule has 0 aliphatic carbocycles. The highest BCUT2D eigenvalue weighted by Gasteiger charge is 2.27. The molecule has 0 saturated heterocycles. The molecule has 0 spiro atoms. The van der Waals surface area contributed by atoms with Crippen LogP contribution in [0.2, 0.25) is 0 Å². The number of thioether (sulfide) groups is 1. The van der Waals surface area contributed by atoms with Gasteiger partial charge in [0.15, 0.2) is 11.5 Å². The Labute approximate surface area is 174 Å². The molecular weight excluding hydrogens is 411 g/mol. The van der Waals surface area contributed by atoms with Gasteiger partial charge in [0.2, 0.25) is 17.8 Å². The molecule has 30 heavy (non-hydrogen) atoms. The van der Waals surface area contributed by atoms with Crippen molar-refractivity contribution in [2.24, 2.45) is 0 Å². The molecular formula is C20H15FN4O4S. The number of aromatic nitrogens is 4. The Morgan fingerprint density at radius 3 is 2.87 bits per heavy atom. The van der Waals surface area contributed by atoms with Crippen molar-refractivity contribution in [3.05, 3.63) is 65.6 Å². The molecule has 1 aliphatic rings. The number of aryl methyl sites for hydroxylation is 1. The SMILES string of the molecule is Cc1ccc(-c2noc(CSc3nnc(C4COc5ccccc5O4)o3)n2)cc1F. The number of fused-ring (bicyclic) bond motifs is 1. The van der Waals surface area contributed by atoms with E-state index in [9.17, 15) is 4.39 Å². The number of nitrogens with zero attached hydrogens (tertiary/aromatic N) is 4. The summed E-state index contributed by atoms with van der Waals surface area (Å²) in [4.78, 5) is 4.29. The van der Waals surface area contributed by atoms with Gasteiger partial charge in [0.25, 0.3) is 11.1 Å². The molecule has 1 unspecified atom stereocenters. The van der Waals surface area contributed by atoms with E-state index in [1.807, 2.05) is 24.3 Å². The second kappa shape index (κ2) is 7.79. The maximum Gasteiger partial charge on any atom is 0.277 e. The first-order valence-corrected chi connectivity index (χ1v) is 10.1. The minimum atomic E-state index is -0.479. The molecule has 2 aromatic carbocycles.